The van der Waals surface area contributed by atoms with Crippen molar-refractivity contribution in [3.8, 4) is 17.2 Å². The molecule has 0 atom stereocenters. The third kappa shape index (κ3) is 18.5. The lowest BCUT2D eigenvalue weighted by Gasteiger charge is -2.08. The van der Waals surface area contributed by atoms with E-state index in [-0.39, 0.29) is 65.8 Å². The Hall–Kier alpha value is -5.75. The van der Waals surface area contributed by atoms with Crippen LogP contribution in [0.5, 0.6) is 17.2 Å². The zero-order valence-electron chi connectivity index (χ0n) is 51.4. The molecule has 0 radical (unpaired) electrons. The summed E-state index contributed by atoms with van der Waals surface area (Å²) in [4.78, 5) is 40.4. The molecule has 18 heteroatoms. The minimum Gasteiger partial charge on any atom is -0.506 e. The highest BCUT2D eigenvalue weighted by Gasteiger charge is 2.27. The molecule has 9 aromatic rings. The van der Waals surface area contributed by atoms with Gasteiger partial charge in [-0.25, -0.2) is 0 Å². The highest BCUT2D eigenvalue weighted by molar-refractivity contribution is 14.1. The number of aliphatic hydroxyl groups excluding tert-OH is 3. The van der Waals surface area contributed by atoms with Crippen molar-refractivity contribution in [2.45, 2.75) is 156 Å². The van der Waals surface area contributed by atoms with Crippen LogP contribution in [0.2, 0.25) is 0 Å². The Labute approximate surface area is 570 Å². The summed E-state index contributed by atoms with van der Waals surface area (Å²) < 4.78 is 20.8. The van der Waals surface area contributed by atoms with Gasteiger partial charge in [-0.05, 0) is 225 Å². The van der Waals surface area contributed by atoms with Gasteiger partial charge in [-0.3, -0.25) is 14.4 Å². The van der Waals surface area contributed by atoms with E-state index in [4.69, 9.17) is 40.0 Å². The Morgan fingerprint density at radius 2 is 0.700 bits per heavy atom. The van der Waals surface area contributed by atoms with Gasteiger partial charge in [0.05, 0.1) is 44.2 Å². The van der Waals surface area contributed by atoms with E-state index < -0.39 is 0 Å². The first kappa shape index (κ1) is 71.7. The van der Waals surface area contributed by atoms with E-state index in [0.29, 0.717) is 73.7 Å². The number of benzene rings is 6. The number of ketones is 3. The lowest BCUT2D eigenvalue weighted by molar-refractivity contribution is 0.103. The Morgan fingerprint density at radius 1 is 0.400 bits per heavy atom. The van der Waals surface area contributed by atoms with Crippen LogP contribution in [-0.2, 0) is 38.5 Å². The number of hydrogen-bond donors (Lipinski definition) is 8. The summed E-state index contributed by atoms with van der Waals surface area (Å²) in [6.07, 6.45) is 19.1. The lowest BCUT2D eigenvalue weighted by atomic mass is 9.96. The molecular weight excluding hydrogens is 1500 g/mol. The van der Waals surface area contributed by atoms with Crippen LogP contribution in [0, 0.1) is 7.14 Å². The number of anilines is 2. The first-order valence-electron chi connectivity index (χ1n) is 31.2. The number of phenols is 3. The Balaban J connectivity index is 0.000000192. The van der Waals surface area contributed by atoms with Gasteiger partial charge in [-0.2, -0.15) is 0 Å². The van der Waals surface area contributed by atoms with Crippen molar-refractivity contribution in [3.63, 3.8) is 0 Å². The molecule has 0 saturated carbocycles. The summed E-state index contributed by atoms with van der Waals surface area (Å²) in [5.74, 6) is 1.80. The molecule has 10 N–H and O–H groups in total. The molecule has 3 heterocycles. The number of phenolic OH excluding ortho intramolecular Hbond substituents is 3. The van der Waals surface area contributed by atoms with Gasteiger partial charge >= 0.3 is 0 Å². The fourth-order valence-corrected chi connectivity index (χ4v) is 13.8. The van der Waals surface area contributed by atoms with Crippen molar-refractivity contribution >= 4 is 139 Å². The number of carbonyl (C=O) groups is 3. The number of aromatic hydroxyl groups is 3. The molecule has 14 nitrogen and oxygen atoms in total. The second-order valence-corrected chi connectivity index (χ2v) is 26.7. The van der Waals surface area contributed by atoms with Crippen LogP contribution in [0.3, 0.4) is 0 Å². The van der Waals surface area contributed by atoms with Gasteiger partial charge in [0, 0.05) is 71.9 Å². The Bertz CT molecular complexity index is 3460. The predicted octanol–water partition coefficient (Wildman–Crippen LogP) is 18.1. The van der Waals surface area contributed by atoms with Crippen LogP contribution in [0.4, 0.5) is 11.4 Å². The van der Waals surface area contributed by atoms with Crippen LogP contribution in [0.1, 0.15) is 199 Å². The fraction of sp³-hybridized carbons (Fsp3) is 0.375. The van der Waals surface area contributed by atoms with Crippen LogP contribution in [0.15, 0.2) is 113 Å². The maximum Gasteiger partial charge on any atom is 0.197 e. The average molecular weight is 1580 g/mol. The SMILES string of the molecule is CCCCCc1oc2cc(CCCCO)ccc2c1C(=O)c1cc(Br)c(O)c(Br)c1.CCCCCc1oc2cc(CCCCO)ccc2c1C(=O)c1cc(I)c(O)c(I)c1.CCCCCc1oc2cc(CCCCO)ccc2c1C(=O)c1cc(N)c(O)c(N)c1. The number of furan rings is 3. The number of fused-ring (bicyclic) bond motifs is 3. The number of aryl methyl sites for hydroxylation is 6. The molecule has 6 aromatic carbocycles. The topological polar surface area (TPSA) is 264 Å². The third-order valence-electron chi connectivity index (χ3n) is 15.8. The summed E-state index contributed by atoms with van der Waals surface area (Å²) in [7, 11) is 0. The van der Waals surface area contributed by atoms with Gasteiger partial charge in [-0.15, -0.1) is 0 Å². The molecule has 90 heavy (non-hydrogen) atoms. The molecule has 0 bridgehead atoms. The number of carbonyl (C=O) groups excluding carboxylic acids is 3. The maximum absolute atomic E-state index is 13.5. The molecule has 3 aromatic heterocycles. The summed E-state index contributed by atoms with van der Waals surface area (Å²) in [6, 6.07) is 27.6. The quantitative estimate of drug-likeness (QED) is 0.00685. The molecule has 0 amide bonds. The molecule has 0 fully saturated rings. The summed E-state index contributed by atoms with van der Waals surface area (Å²) in [6.45, 7) is 7.01. The van der Waals surface area contributed by atoms with Gasteiger partial charge in [0.1, 0.15) is 45.5 Å². The summed E-state index contributed by atoms with van der Waals surface area (Å²) in [5.41, 5.74) is 20.5. The number of rotatable bonds is 30. The average Bonchev–Trinajstić information content (AvgIpc) is 1.66. The minimum atomic E-state index is -0.216. The number of aliphatic hydroxyl groups is 3. The highest BCUT2D eigenvalue weighted by atomic mass is 127. The van der Waals surface area contributed by atoms with Crippen molar-refractivity contribution in [3.05, 3.63) is 174 Å². The standard InChI is InChI=1S/C24H26Br2O4.C24H26I2O4.C24H30N2O4/c3*1-2-3-4-8-20-22(23(28)16-13-18(25)24(29)19(26)14-16)17-10-9-15(7-5-6-11-27)12-21(17)30-20/h2*9-10,12-14,27,29H,2-8,11H2,1H3;9-10,12-14,27,29H,2-8,11,25-26H2,1H3. The van der Waals surface area contributed by atoms with Crippen molar-refractivity contribution in [1.82, 2.24) is 0 Å². The minimum absolute atomic E-state index is 0.0656. The van der Waals surface area contributed by atoms with Crippen LogP contribution >= 0.6 is 77.0 Å². The Morgan fingerprint density at radius 3 is 1.01 bits per heavy atom. The third-order valence-corrected chi connectivity index (χ3v) is 18.6. The number of nitrogen functional groups attached to an aromatic ring is 2. The van der Waals surface area contributed by atoms with Gasteiger partial charge in [0.2, 0.25) is 0 Å². The lowest BCUT2D eigenvalue weighted by Crippen LogP contribution is -2.06. The van der Waals surface area contributed by atoms with E-state index >= 15 is 0 Å². The second kappa shape index (κ2) is 35.3. The normalized spacial score (nSPS) is 11.3. The van der Waals surface area contributed by atoms with E-state index in [1.165, 1.54) is 12.1 Å². The monoisotopic (exact) mass is 1580 g/mol. The molecule has 0 saturated heterocycles. The van der Waals surface area contributed by atoms with Gasteiger partial charge in [-0.1, -0.05) is 95.7 Å². The van der Waals surface area contributed by atoms with Crippen molar-refractivity contribution in [2.75, 3.05) is 31.3 Å². The van der Waals surface area contributed by atoms with E-state index in [0.717, 1.165) is 178 Å². The largest absolute Gasteiger partial charge is 0.506 e. The number of hydrogen-bond acceptors (Lipinski definition) is 14. The first-order chi connectivity index (χ1) is 43.4. The second-order valence-electron chi connectivity index (χ2n) is 22.7. The van der Waals surface area contributed by atoms with Crippen LogP contribution in [-0.4, -0.2) is 67.8 Å². The van der Waals surface area contributed by atoms with Crippen molar-refractivity contribution in [2.24, 2.45) is 0 Å². The number of unbranched alkanes of at least 4 members (excludes halogenated alkanes) is 9. The summed E-state index contributed by atoms with van der Waals surface area (Å²) >= 11 is 10.7. The van der Waals surface area contributed by atoms with Crippen molar-refractivity contribution in [1.29, 1.82) is 0 Å². The zero-order valence-corrected chi connectivity index (χ0v) is 58.9. The highest BCUT2D eigenvalue weighted by Crippen LogP contribution is 2.39. The molecular formula is C72H82Br2I2N2O12. The smallest absolute Gasteiger partial charge is 0.197 e. The van der Waals surface area contributed by atoms with Crippen LogP contribution in [0.25, 0.3) is 32.9 Å². The summed E-state index contributed by atoms with van der Waals surface area (Å²) in [5, 5.41) is 59.3. The maximum atomic E-state index is 13.5. The van der Waals surface area contributed by atoms with E-state index in [9.17, 15) is 29.7 Å². The first-order valence-corrected chi connectivity index (χ1v) is 35.0. The predicted molar refractivity (Wildman–Crippen MR) is 383 cm³/mol. The fourth-order valence-electron chi connectivity index (χ4n) is 10.9. The van der Waals surface area contributed by atoms with Gasteiger partial charge in [0.15, 0.2) is 23.1 Å². The Kier molecular flexibility index (Phi) is 28.1. The van der Waals surface area contributed by atoms with Gasteiger partial charge < -0.3 is 55.4 Å². The molecule has 0 spiro atoms. The molecule has 0 aliphatic rings. The van der Waals surface area contributed by atoms with Crippen molar-refractivity contribution < 1.29 is 58.3 Å². The van der Waals surface area contributed by atoms with Gasteiger partial charge in [0.25, 0.3) is 0 Å². The molecule has 0 aliphatic heterocycles. The van der Waals surface area contributed by atoms with E-state index in [1.807, 2.05) is 54.6 Å². The number of halogens is 4. The molecule has 0 aliphatic carbocycles. The zero-order chi connectivity index (χ0) is 65.0. The van der Waals surface area contributed by atoms with E-state index in [2.05, 4.69) is 97.8 Å². The number of nitrogens with two attached hydrogens (primary N) is 2. The molecule has 480 valence electrons. The van der Waals surface area contributed by atoms with Crippen LogP contribution < -0.4 is 11.5 Å². The van der Waals surface area contributed by atoms with E-state index in [1.54, 1.807) is 24.3 Å². The molecule has 9 rings (SSSR count). The molecule has 0 unspecified atom stereocenters.